The van der Waals surface area contributed by atoms with Crippen LogP contribution in [0.2, 0.25) is 0 Å². The molecule has 1 saturated carbocycles. The first-order valence-corrected chi connectivity index (χ1v) is 6.44. The number of pyridine rings is 1. The SMILES string of the molecule is CC(Br)C(=O)N(Cc1ccccn1)C1CC1. The van der Waals surface area contributed by atoms with Crippen molar-refractivity contribution in [1.29, 1.82) is 0 Å². The highest BCUT2D eigenvalue weighted by atomic mass is 79.9. The third kappa shape index (κ3) is 2.82. The maximum absolute atomic E-state index is 12.0. The molecule has 0 aromatic carbocycles. The number of nitrogens with zero attached hydrogens (tertiary/aromatic N) is 2. The van der Waals surface area contributed by atoms with Gasteiger partial charge in [0.1, 0.15) is 0 Å². The zero-order valence-electron chi connectivity index (χ0n) is 9.27. The molecule has 86 valence electrons. The summed E-state index contributed by atoms with van der Waals surface area (Å²) in [6, 6.07) is 6.23. The maximum atomic E-state index is 12.0. The Morgan fingerprint density at radius 2 is 2.38 bits per heavy atom. The molecule has 1 aliphatic rings. The maximum Gasteiger partial charge on any atom is 0.236 e. The molecule has 0 N–H and O–H groups in total. The molecule has 1 heterocycles. The Bertz CT molecular complexity index is 363. The minimum absolute atomic E-state index is 0.114. The van der Waals surface area contributed by atoms with Crippen LogP contribution in [0.5, 0.6) is 0 Å². The number of aromatic nitrogens is 1. The monoisotopic (exact) mass is 282 g/mol. The summed E-state index contributed by atoms with van der Waals surface area (Å²) < 4.78 is 0. The number of hydrogen-bond donors (Lipinski definition) is 0. The number of rotatable bonds is 4. The molecule has 0 radical (unpaired) electrons. The van der Waals surface area contributed by atoms with Gasteiger partial charge in [-0.25, -0.2) is 0 Å². The number of alkyl halides is 1. The lowest BCUT2D eigenvalue weighted by molar-refractivity contribution is -0.131. The highest BCUT2D eigenvalue weighted by Crippen LogP contribution is 2.29. The van der Waals surface area contributed by atoms with Crippen LogP contribution in [-0.4, -0.2) is 26.7 Å². The van der Waals surface area contributed by atoms with E-state index >= 15 is 0 Å². The van der Waals surface area contributed by atoms with Gasteiger partial charge in [0.05, 0.1) is 17.1 Å². The molecule has 2 rings (SSSR count). The van der Waals surface area contributed by atoms with Gasteiger partial charge >= 0.3 is 0 Å². The van der Waals surface area contributed by atoms with Gasteiger partial charge in [0.2, 0.25) is 5.91 Å². The Hall–Kier alpha value is -0.900. The third-order valence-electron chi connectivity index (χ3n) is 2.67. The number of carbonyl (C=O) groups is 1. The molecular formula is C12H15BrN2O. The molecule has 0 spiro atoms. The van der Waals surface area contributed by atoms with E-state index in [1.54, 1.807) is 6.20 Å². The van der Waals surface area contributed by atoms with Gasteiger partial charge in [0.15, 0.2) is 0 Å². The van der Waals surface area contributed by atoms with Crippen LogP contribution in [0.1, 0.15) is 25.5 Å². The molecule has 0 saturated heterocycles. The van der Waals surface area contributed by atoms with E-state index in [-0.39, 0.29) is 10.7 Å². The molecule has 3 nitrogen and oxygen atoms in total. The van der Waals surface area contributed by atoms with Crippen LogP contribution >= 0.6 is 15.9 Å². The number of carbonyl (C=O) groups excluding carboxylic acids is 1. The summed E-state index contributed by atoms with van der Waals surface area (Å²) in [6.45, 7) is 2.50. The fourth-order valence-corrected chi connectivity index (χ4v) is 1.93. The lowest BCUT2D eigenvalue weighted by Gasteiger charge is -2.23. The van der Waals surface area contributed by atoms with E-state index in [0.717, 1.165) is 18.5 Å². The molecule has 1 aromatic heterocycles. The molecule has 1 atom stereocenters. The zero-order valence-corrected chi connectivity index (χ0v) is 10.9. The van der Waals surface area contributed by atoms with E-state index in [2.05, 4.69) is 20.9 Å². The molecule has 1 amide bonds. The van der Waals surface area contributed by atoms with Gasteiger partial charge in [-0.05, 0) is 31.9 Å². The van der Waals surface area contributed by atoms with Gasteiger partial charge < -0.3 is 4.90 Å². The first kappa shape index (κ1) is 11.6. The highest BCUT2D eigenvalue weighted by Gasteiger charge is 2.33. The van der Waals surface area contributed by atoms with Crippen molar-refractivity contribution in [2.45, 2.75) is 37.2 Å². The summed E-state index contributed by atoms with van der Waals surface area (Å²) in [4.78, 5) is 18.1. The largest absolute Gasteiger partial charge is 0.333 e. The van der Waals surface area contributed by atoms with Crippen LogP contribution in [0.25, 0.3) is 0 Å². The average Bonchev–Trinajstić information content (AvgIpc) is 3.10. The Morgan fingerprint density at radius 3 is 2.88 bits per heavy atom. The van der Waals surface area contributed by atoms with E-state index in [1.165, 1.54) is 0 Å². The molecule has 0 aliphatic heterocycles. The normalized spacial score (nSPS) is 16.9. The van der Waals surface area contributed by atoms with E-state index in [0.29, 0.717) is 12.6 Å². The van der Waals surface area contributed by atoms with Crippen LogP contribution < -0.4 is 0 Å². The van der Waals surface area contributed by atoms with Crippen LogP contribution in [0.3, 0.4) is 0 Å². The summed E-state index contributed by atoms with van der Waals surface area (Å²) in [6.07, 6.45) is 4.01. The minimum Gasteiger partial charge on any atom is -0.333 e. The van der Waals surface area contributed by atoms with Crippen LogP contribution in [0, 0.1) is 0 Å². The molecular weight excluding hydrogens is 268 g/mol. The van der Waals surface area contributed by atoms with Gasteiger partial charge in [-0.15, -0.1) is 0 Å². The van der Waals surface area contributed by atoms with Crippen molar-refractivity contribution in [3.05, 3.63) is 30.1 Å². The molecule has 1 fully saturated rings. The summed E-state index contributed by atoms with van der Waals surface area (Å²) in [7, 11) is 0. The molecule has 1 aromatic rings. The van der Waals surface area contributed by atoms with Crippen molar-refractivity contribution in [3.8, 4) is 0 Å². The Morgan fingerprint density at radius 1 is 1.62 bits per heavy atom. The van der Waals surface area contributed by atoms with E-state index in [9.17, 15) is 4.79 Å². The molecule has 1 unspecified atom stereocenters. The van der Waals surface area contributed by atoms with Crippen molar-refractivity contribution in [2.24, 2.45) is 0 Å². The second-order valence-electron chi connectivity index (χ2n) is 4.13. The molecule has 4 heteroatoms. The zero-order chi connectivity index (χ0) is 11.5. The second kappa shape index (κ2) is 4.95. The van der Waals surface area contributed by atoms with Crippen LogP contribution in [-0.2, 0) is 11.3 Å². The van der Waals surface area contributed by atoms with E-state index in [1.807, 2.05) is 30.0 Å². The van der Waals surface area contributed by atoms with Gasteiger partial charge in [-0.1, -0.05) is 22.0 Å². The van der Waals surface area contributed by atoms with Gasteiger partial charge in [-0.2, -0.15) is 0 Å². The van der Waals surface area contributed by atoms with E-state index in [4.69, 9.17) is 0 Å². The standard InChI is InChI=1S/C12H15BrN2O/c1-9(13)12(16)15(11-5-6-11)8-10-4-2-3-7-14-10/h2-4,7,9,11H,5-6,8H2,1H3. The topological polar surface area (TPSA) is 33.2 Å². The lowest BCUT2D eigenvalue weighted by atomic mass is 10.3. The molecule has 0 bridgehead atoms. The highest BCUT2D eigenvalue weighted by molar-refractivity contribution is 9.10. The quantitative estimate of drug-likeness (QED) is 0.795. The second-order valence-corrected chi connectivity index (χ2v) is 5.51. The van der Waals surface area contributed by atoms with Crippen molar-refractivity contribution >= 4 is 21.8 Å². The summed E-state index contributed by atoms with van der Waals surface area (Å²) in [5.41, 5.74) is 0.955. The first-order valence-electron chi connectivity index (χ1n) is 5.53. The Labute approximate surface area is 104 Å². The van der Waals surface area contributed by atoms with Crippen LogP contribution in [0.15, 0.2) is 24.4 Å². The predicted molar refractivity (Wildman–Crippen MR) is 66.2 cm³/mol. The molecule has 1 aliphatic carbocycles. The van der Waals surface area contributed by atoms with Crippen molar-refractivity contribution in [2.75, 3.05) is 0 Å². The minimum atomic E-state index is -0.114. The third-order valence-corrected chi connectivity index (χ3v) is 3.06. The Balaban J connectivity index is 2.06. The van der Waals surface area contributed by atoms with Crippen LogP contribution in [0.4, 0.5) is 0 Å². The van der Waals surface area contributed by atoms with E-state index < -0.39 is 0 Å². The van der Waals surface area contributed by atoms with Gasteiger partial charge in [0, 0.05) is 12.2 Å². The lowest BCUT2D eigenvalue weighted by Crippen LogP contribution is -2.37. The summed E-state index contributed by atoms with van der Waals surface area (Å²) in [5, 5.41) is 0. The van der Waals surface area contributed by atoms with Gasteiger partial charge in [0.25, 0.3) is 0 Å². The van der Waals surface area contributed by atoms with Crippen molar-refractivity contribution in [3.63, 3.8) is 0 Å². The van der Waals surface area contributed by atoms with Crippen molar-refractivity contribution in [1.82, 2.24) is 9.88 Å². The number of halogens is 1. The fraction of sp³-hybridized carbons (Fsp3) is 0.500. The number of amides is 1. The number of hydrogen-bond acceptors (Lipinski definition) is 2. The average molecular weight is 283 g/mol. The molecule has 16 heavy (non-hydrogen) atoms. The predicted octanol–water partition coefficient (Wildman–Crippen LogP) is 2.36. The van der Waals surface area contributed by atoms with Crippen molar-refractivity contribution < 1.29 is 4.79 Å². The fourth-order valence-electron chi connectivity index (χ4n) is 1.67. The van der Waals surface area contributed by atoms with Gasteiger partial charge in [-0.3, -0.25) is 9.78 Å². The smallest absolute Gasteiger partial charge is 0.236 e. The Kier molecular flexibility index (Phi) is 3.59. The first-order chi connectivity index (χ1) is 7.68. The summed E-state index contributed by atoms with van der Waals surface area (Å²) in [5.74, 6) is 0.160. The summed E-state index contributed by atoms with van der Waals surface area (Å²) >= 11 is 3.34.